The SMILES string of the molecule is CCC[C@@H](O)C/C=C/C/C=C/CCCCCCCC(=O)OC. The van der Waals surface area contributed by atoms with Crippen molar-refractivity contribution in [3.05, 3.63) is 24.3 Å². The first kappa shape index (κ1) is 20.9. The number of aliphatic hydroxyl groups excluding tert-OH is 1. The van der Waals surface area contributed by atoms with Gasteiger partial charge in [-0.2, -0.15) is 0 Å². The van der Waals surface area contributed by atoms with Gasteiger partial charge in [-0.05, 0) is 38.5 Å². The zero-order valence-electron chi connectivity index (χ0n) is 14.4. The number of ether oxygens (including phenoxy) is 1. The summed E-state index contributed by atoms with van der Waals surface area (Å²) in [6.07, 6.45) is 19.5. The maximum Gasteiger partial charge on any atom is 0.305 e. The number of esters is 1. The molecule has 0 aromatic carbocycles. The lowest BCUT2D eigenvalue weighted by Crippen LogP contribution is -2.02. The number of aliphatic hydroxyl groups is 1. The fourth-order valence-electron chi connectivity index (χ4n) is 2.26. The molecule has 0 fully saturated rings. The lowest BCUT2D eigenvalue weighted by Gasteiger charge is -2.03. The van der Waals surface area contributed by atoms with Crippen LogP contribution in [0, 0.1) is 0 Å². The molecule has 0 aliphatic rings. The molecule has 0 amide bonds. The minimum absolute atomic E-state index is 0.0989. The third kappa shape index (κ3) is 15.3. The Hall–Kier alpha value is -1.09. The maximum absolute atomic E-state index is 10.9. The summed E-state index contributed by atoms with van der Waals surface area (Å²) in [5.41, 5.74) is 0. The van der Waals surface area contributed by atoms with E-state index >= 15 is 0 Å². The van der Waals surface area contributed by atoms with Crippen LogP contribution in [0.2, 0.25) is 0 Å². The van der Waals surface area contributed by atoms with Crippen molar-refractivity contribution in [2.75, 3.05) is 7.11 Å². The minimum Gasteiger partial charge on any atom is -0.469 e. The van der Waals surface area contributed by atoms with Crippen LogP contribution in [-0.4, -0.2) is 24.3 Å². The lowest BCUT2D eigenvalue weighted by molar-refractivity contribution is -0.140. The quantitative estimate of drug-likeness (QED) is 0.281. The third-order valence-electron chi connectivity index (χ3n) is 3.61. The molecule has 0 saturated carbocycles. The Kier molecular flexibility index (Phi) is 15.5. The van der Waals surface area contributed by atoms with Crippen LogP contribution in [0.4, 0.5) is 0 Å². The normalized spacial score (nSPS) is 13.0. The molecule has 128 valence electrons. The fourth-order valence-corrected chi connectivity index (χ4v) is 2.26. The second kappa shape index (κ2) is 16.3. The molecule has 0 aromatic heterocycles. The number of carbonyl (C=O) groups excluding carboxylic acids is 1. The van der Waals surface area contributed by atoms with E-state index in [9.17, 15) is 9.90 Å². The summed E-state index contributed by atoms with van der Waals surface area (Å²) in [5.74, 6) is -0.0989. The van der Waals surface area contributed by atoms with Gasteiger partial charge < -0.3 is 9.84 Å². The van der Waals surface area contributed by atoms with Crippen LogP contribution in [0.15, 0.2) is 24.3 Å². The van der Waals surface area contributed by atoms with Gasteiger partial charge in [0.1, 0.15) is 0 Å². The van der Waals surface area contributed by atoms with Crippen LogP contribution >= 0.6 is 0 Å². The second-order valence-electron chi connectivity index (χ2n) is 5.74. The number of hydrogen-bond acceptors (Lipinski definition) is 3. The van der Waals surface area contributed by atoms with Crippen LogP contribution < -0.4 is 0 Å². The van der Waals surface area contributed by atoms with E-state index in [0.29, 0.717) is 6.42 Å². The molecule has 3 heteroatoms. The van der Waals surface area contributed by atoms with Gasteiger partial charge in [-0.15, -0.1) is 0 Å². The molecule has 3 nitrogen and oxygen atoms in total. The van der Waals surface area contributed by atoms with Gasteiger partial charge in [-0.3, -0.25) is 4.79 Å². The van der Waals surface area contributed by atoms with Crippen LogP contribution in [0.1, 0.15) is 77.6 Å². The molecule has 0 unspecified atom stereocenters. The lowest BCUT2D eigenvalue weighted by atomic mass is 10.1. The summed E-state index contributed by atoms with van der Waals surface area (Å²) in [4.78, 5) is 10.9. The molecule has 22 heavy (non-hydrogen) atoms. The molecule has 0 aromatic rings. The van der Waals surface area contributed by atoms with Crippen molar-refractivity contribution in [3.8, 4) is 0 Å². The Labute approximate surface area is 136 Å². The van der Waals surface area contributed by atoms with E-state index in [0.717, 1.165) is 44.9 Å². The highest BCUT2D eigenvalue weighted by atomic mass is 16.5. The molecule has 0 saturated heterocycles. The van der Waals surface area contributed by atoms with E-state index in [1.165, 1.54) is 26.4 Å². The van der Waals surface area contributed by atoms with Gasteiger partial charge in [0.2, 0.25) is 0 Å². The number of rotatable bonds is 14. The Morgan fingerprint density at radius 2 is 1.73 bits per heavy atom. The smallest absolute Gasteiger partial charge is 0.305 e. The first-order valence-electron chi connectivity index (χ1n) is 8.75. The van der Waals surface area contributed by atoms with Crippen LogP contribution in [0.5, 0.6) is 0 Å². The van der Waals surface area contributed by atoms with E-state index in [4.69, 9.17) is 0 Å². The van der Waals surface area contributed by atoms with Crippen molar-refractivity contribution in [2.45, 2.75) is 83.7 Å². The van der Waals surface area contributed by atoms with Gasteiger partial charge in [0.05, 0.1) is 13.2 Å². The second-order valence-corrected chi connectivity index (χ2v) is 5.74. The molecule has 0 heterocycles. The highest BCUT2D eigenvalue weighted by molar-refractivity contribution is 5.68. The molecule has 1 N–H and O–H groups in total. The molecule has 0 radical (unpaired) electrons. The average Bonchev–Trinajstić information content (AvgIpc) is 2.51. The molecule has 0 rings (SSSR count). The third-order valence-corrected chi connectivity index (χ3v) is 3.61. The standard InChI is InChI=1S/C19H34O3/c1-3-15-18(20)16-13-11-9-7-5-4-6-8-10-12-14-17-19(21)22-2/h5,7,11,13,18,20H,3-4,6,8-10,12,14-17H2,1-2H3/b7-5+,13-11+/t18-/m1/s1. The topological polar surface area (TPSA) is 46.5 Å². The van der Waals surface area contributed by atoms with Crippen molar-refractivity contribution >= 4 is 5.97 Å². The van der Waals surface area contributed by atoms with Crippen LogP contribution in [0.25, 0.3) is 0 Å². The largest absolute Gasteiger partial charge is 0.469 e. The number of unbranched alkanes of at least 4 members (excludes halogenated alkanes) is 5. The maximum atomic E-state index is 10.9. The Morgan fingerprint density at radius 3 is 2.45 bits per heavy atom. The zero-order valence-corrected chi connectivity index (χ0v) is 14.4. The number of methoxy groups -OCH3 is 1. The van der Waals surface area contributed by atoms with Crippen LogP contribution in [0.3, 0.4) is 0 Å². The van der Waals surface area contributed by atoms with E-state index in [-0.39, 0.29) is 12.1 Å². The molecular formula is C19H34O3. The average molecular weight is 310 g/mol. The van der Waals surface area contributed by atoms with E-state index in [1.807, 2.05) is 0 Å². The van der Waals surface area contributed by atoms with Crippen molar-refractivity contribution in [1.82, 2.24) is 0 Å². The van der Waals surface area contributed by atoms with Crippen molar-refractivity contribution in [1.29, 1.82) is 0 Å². The van der Waals surface area contributed by atoms with Gasteiger partial charge >= 0.3 is 5.97 Å². The van der Waals surface area contributed by atoms with E-state index < -0.39 is 0 Å². The summed E-state index contributed by atoms with van der Waals surface area (Å²) >= 11 is 0. The first-order chi connectivity index (χ1) is 10.7. The van der Waals surface area contributed by atoms with Gasteiger partial charge in [-0.25, -0.2) is 0 Å². The molecule has 0 aliphatic carbocycles. The van der Waals surface area contributed by atoms with Crippen molar-refractivity contribution in [3.63, 3.8) is 0 Å². The summed E-state index contributed by atoms with van der Waals surface area (Å²) in [6, 6.07) is 0. The molecular weight excluding hydrogens is 276 g/mol. The minimum atomic E-state index is -0.176. The van der Waals surface area contributed by atoms with Gasteiger partial charge in [0.25, 0.3) is 0 Å². The predicted molar refractivity (Wildman–Crippen MR) is 92.8 cm³/mol. The summed E-state index contributed by atoms with van der Waals surface area (Å²) in [6.45, 7) is 2.09. The van der Waals surface area contributed by atoms with Gasteiger partial charge in [-0.1, -0.05) is 56.9 Å². The molecule has 0 bridgehead atoms. The number of hydrogen-bond donors (Lipinski definition) is 1. The molecule has 0 spiro atoms. The summed E-state index contributed by atoms with van der Waals surface area (Å²) in [5, 5.41) is 9.56. The first-order valence-corrected chi connectivity index (χ1v) is 8.75. The zero-order chi connectivity index (χ0) is 16.5. The summed E-state index contributed by atoms with van der Waals surface area (Å²) < 4.78 is 4.61. The highest BCUT2D eigenvalue weighted by Crippen LogP contribution is 2.08. The number of carbonyl (C=O) groups is 1. The Morgan fingerprint density at radius 1 is 1.05 bits per heavy atom. The number of allylic oxidation sites excluding steroid dienone is 3. The highest BCUT2D eigenvalue weighted by Gasteiger charge is 1.99. The van der Waals surface area contributed by atoms with Gasteiger partial charge in [0.15, 0.2) is 0 Å². The Bertz CT molecular complexity index is 308. The van der Waals surface area contributed by atoms with Crippen molar-refractivity contribution < 1.29 is 14.6 Å². The molecule has 1 atom stereocenters. The monoisotopic (exact) mass is 310 g/mol. The predicted octanol–water partition coefficient (Wildman–Crippen LogP) is 4.94. The van der Waals surface area contributed by atoms with Crippen molar-refractivity contribution in [2.24, 2.45) is 0 Å². The summed E-state index contributed by atoms with van der Waals surface area (Å²) in [7, 11) is 1.44. The van der Waals surface area contributed by atoms with Crippen LogP contribution in [-0.2, 0) is 9.53 Å². The molecule has 0 aliphatic heterocycles. The van der Waals surface area contributed by atoms with E-state index in [1.54, 1.807) is 0 Å². The fraction of sp³-hybridized carbons (Fsp3) is 0.737. The Balaban J connectivity index is 3.30. The van der Waals surface area contributed by atoms with Gasteiger partial charge in [0, 0.05) is 6.42 Å². The van der Waals surface area contributed by atoms with E-state index in [2.05, 4.69) is 36.0 Å².